The van der Waals surface area contributed by atoms with Gasteiger partial charge in [0.1, 0.15) is 6.04 Å². The summed E-state index contributed by atoms with van der Waals surface area (Å²) in [6, 6.07) is 11.6. The van der Waals surface area contributed by atoms with E-state index in [1.807, 2.05) is 43.3 Å². The molecule has 1 aliphatic rings. The average Bonchev–Trinajstić information content (AvgIpc) is 2.99. The third kappa shape index (κ3) is 4.49. The summed E-state index contributed by atoms with van der Waals surface area (Å²) >= 11 is 0. The number of hydrogen-bond acceptors (Lipinski definition) is 4. The van der Waals surface area contributed by atoms with E-state index < -0.39 is 12.1 Å². The van der Waals surface area contributed by atoms with Crippen molar-refractivity contribution in [1.29, 1.82) is 0 Å². The van der Waals surface area contributed by atoms with E-state index >= 15 is 0 Å². The van der Waals surface area contributed by atoms with Gasteiger partial charge in [-0.3, -0.25) is 19.5 Å². The quantitative estimate of drug-likeness (QED) is 0.735. The van der Waals surface area contributed by atoms with Gasteiger partial charge in [0.15, 0.2) is 0 Å². The lowest BCUT2D eigenvalue weighted by Crippen LogP contribution is -2.34. The van der Waals surface area contributed by atoms with Crippen LogP contribution in [0.1, 0.15) is 36.9 Å². The smallest absolute Gasteiger partial charge is 0.325 e. The lowest BCUT2D eigenvalue weighted by Gasteiger charge is -2.21. The molecule has 1 aliphatic heterocycles. The number of carbonyl (C=O) groups excluding carboxylic acids is 3. The van der Waals surface area contributed by atoms with E-state index in [0.717, 1.165) is 11.1 Å². The highest BCUT2D eigenvalue weighted by Gasteiger charge is 2.40. The highest BCUT2D eigenvalue weighted by atomic mass is 16.2. The SMILES string of the molecule is C[C@@H](c1ccccc1)N1C(=O)N[C@H](CCC(=O)NCc2cccnc2)C1=O. The van der Waals surface area contributed by atoms with Crippen LogP contribution in [-0.4, -0.2) is 33.8 Å². The third-order valence-electron chi connectivity index (χ3n) is 4.59. The highest BCUT2D eigenvalue weighted by Crippen LogP contribution is 2.25. The highest BCUT2D eigenvalue weighted by molar-refractivity contribution is 6.04. The summed E-state index contributed by atoms with van der Waals surface area (Å²) in [6.07, 6.45) is 3.78. The second-order valence-corrected chi connectivity index (χ2v) is 6.47. The number of benzene rings is 1. The van der Waals surface area contributed by atoms with E-state index in [2.05, 4.69) is 15.6 Å². The molecule has 1 saturated heterocycles. The largest absolute Gasteiger partial charge is 0.352 e. The predicted octanol–water partition coefficient (Wildman–Crippen LogP) is 2.16. The number of amides is 4. The van der Waals surface area contributed by atoms with Crippen LogP contribution < -0.4 is 10.6 Å². The van der Waals surface area contributed by atoms with Gasteiger partial charge in [-0.15, -0.1) is 0 Å². The van der Waals surface area contributed by atoms with Crippen molar-refractivity contribution in [2.24, 2.45) is 0 Å². The van der Waals surface area contributed by atoms with E-state index in [0.29, 0.717) is 6.54 Å². The van der Waals surface area contributed by atoms with Crippen molar-refractivity contribution < 1.29 is 14.4 Å². The molecule has 0 bridgehead atoms. The molecule has 2 atom stereocenters. The summed E-state index contributed by atoms with van der Waals surface area (Å²) in [5, 5.41) is 5.47. The van der Waals surface area contributed by atoms with Crippen LogP contribution >= 0.6 is 0 Å². The number of urea groups is 1. The Morgan fingerprint density at radius 2 is 2.00 bits per heavy atom. The summed E-state index contributed by atoms with van der Waals surface area (Å²) in [7, 11) is 0. The molecule has 2 heterocycles. The van der Waals surface area contributed by atoms with Gasteiger partial charge in [-0.1, -0.05) is 36.4 Å². The van der Waals surface area contributed by atoms with E-state index in [-0.39, 0.29) is 30.7 Å². The number of aromatic nitrogens is 1. The summed E-state index contributed by atoms with van der Waals surface area (Å²) in [4.78, 5) is 42.1. The topological polar surface area (TPSA) is 91.4 Å². The zero-order chi connectivity index (χ0) is 19.2. The third-order valence-corrected chi connectivity index (χ3v) is 4.59. The molecule has 0 unspecified atom stereocenters. The standard InChI is InChI=1S/C20H22N4O3/c1-14(16-7-3-2-4-8-16)24-19(26)17(23-20(24)27)9-10-18(25)22-13-15-6-5-11-21-12-15/h2-8,11-12,14,17H,9-10,13H2,1H3,(H,22,25)(H,23,27)/t14-,17+/m0/s1. The van der Waals surface area contributed by atoms with Crippen LogP contribution in [-0.2, 0) is 16.1 Å². The maximum atomic E-state index is 12.6. The van der Waals surface area contributed by atoms with E-state index in [1.54, 1.807) is 18.5 Å². The Balaban J connectivity index is 1.52. The number of rotatable bonds is 7. The molecule has 2 aromatic rings. The zero-order valence-corrected chi connectivity index (χ0v) is 15.1. The van der Waals surface area contributed by atoms with Crippen molar-refractivity contribution in [3.63, 3.8) is 0 Å². The van der Waals surface area contributed by atoms with Crippen LogP contribution in [0.25, 0.3) is 0 Å². The van der Waals surface area contributed by atoms with Gasteiger partial charge < -0.3 is 10.6 Å². The fourth-order valence-corrected chi connectivity index (χ4v) is 3.06. The van der Waals surface area contributed by atoms with Gasteiger partial charge >= 0.3 is 6.03 Å². The van der Waals surface area contributed by atoms with Gasteiger partial charge in [0.2, 0.25) is 5.91 Å². The molecule has 0 spiro atoms. The summed E-state index contributed by atoms with van der Waals surface area (Å²) in [6.45, 7) is 2.20. The molecule has 1 aromatic heterocycles. The number of imide groups is 1. The predicted molar refractivity (Wildman–Crippen MR) is 99.3 cm³/mol. The van der Waals surface area contributed by atoms with Gasteiger partial charge in [0.05, 0.1) is 6.04 Å². The van der Waals surface area contributed by atoms with Crippen LogP contribution in [0.4, 0.5) is 4.79 Å². The Morgan fingerprint density at radius 1 is 1.22 bits per heavy atom. The van der Waals surface area contributed by atoms with Gasteiger partial charge in [0.25, 0.3) is 5.91 Å². The lowest BCUT2D eigenvalue weighted by atomic mass is 10.1. The van der Waals surface area contributed by atoms with Gasteiger partial charge in [-0.2, -0.15) is 0 Å². The number of hydrogen-bond donors (Lipinski definition) is 2. The van der Waals surface area contributed by atoms with Crippen LogP contribution in [0.5, 0.6) is 0 Å². The molecule has 1 fully saturated rings. The van der Waals surface area contributed by atoms with Gasteiger partial charge in [-0.05, 0) is 30.5 Å². The maximum Gasteiger partial charge on any atom is 0.325 e. The molecular formula is C20H22N4O3. The molecule has 27 heavy (non-hydrogen) atoms. The molecule has 4 amide bonds. The molecule has 0 radical (unpaired) electrons. The normalized spacial score (nSPS) is 17.5. The molecular weight excluding hydrogens is 344 g/mol. The van der Waals surface area contributed by atoms with Gasteiger partial charge in [-0.25, -0.2) is 4.79 Å². The minimum Gasteiger partial charge on any atom is -0.352 e. The fraction of sp³-hybridized carbons (Fsp3) is 0.300. The molecule has 1 aromatic carbocycles. The number of nitrogens with one attached hydrogen (secondary N) is 2. The molecule has 0 aliphatic carbocycles. The minimum atomic E-state index is -0.673. The second kappa shape index (κ2) is 8.44. The number of carbonyl (C=O) groups is 3. The number of pyridine rings is 1. The van der Waals surface area contributed by atoms with E-state index in [9.17, 15) is 14.4 Å². The second-order valence-electron chi connectivity index (χ2n) is 6.47. The van der Waals surface area contributed by atoms with Crippen LogP contribution in [0.2, 0.25) is 0 Å². The molecule has 7 nitrogen and oxygen atoms in total. The average molecular weight is 366 g/mol. The summed E-state index contributed by atoms with van der Waals surface area (Å²) in [5.74, 6) is -0.466. The monoisotopic (exact) mass is 366 g/mol. The van der Waals surface area contributed by atoms with Crippen molar-refractivity contribution in [3.8, 4) is 0 Å². The molecule has 7 heteroatoms. The Morgan fingerprint density at radius 3 is 2.70 bits per heavy atom. The van der Waals surface area contributed by atoms with Crippen molar-refractivity contribution in [2.45, 2.75) is 38.4 Å². The van der Waals surface area contributed by atoms with Crippen LogP contribution in [0.3, 0.4) is 0 Å². The first-order chi connectivity index (χ1) is 13.1. The molecule has 140 valence electrons. The Labute approximate surface area is 157 Å². The summed E-state index contributed by atoms with van der Waals surface area (Å²) < 4.78 is 0. The van der Waals surface area contributed by atoms with E-state index in [4.69, 9.17) is 0 Å². The fourth-order valence-electron chi connectivity index (χ4n) is 3.06. The molecule has 2 N–H and O–H groups in total. The van der Waals surface area contributed by atoms with E-state index in [1.165, 1.54) is 4.90 Å². The number of nitrogens with zero attached hydrogens (tertiary/aromatic N) is 2. The summed E-state index contributed by atoms with van der Waals surface area (Å²) in [5.41, 5.74) is 1.79. The lowest BCUT2D eigenvalue weighted by molar-refractivity contribution is -0.129. The van der Waals surface area contributed by atoms with Crippen molar-refractivity contribution >= 4 is 17.8 Å². The first-order valence-corrected chi connectivity index (χ1v) is 8.90. The Bertz CT molecular complexity index is 810. The van der Waals surface area contributed by atoms with Crippen molar-refractivity contribution in [2.75, 3.05) is 0 Å². The Kier molecular flexibility index (Phi) is 5.80. The Hall–Kier alpha value is -3.22. The minimum absolute atomic E-state index is 0.157. The van der Waals surface area contributed by atoms with Crippen LogP contribution in [0, 0.1) is 0 Å². The molecule has 3 rings (SSSR count). The molecule has 0 saturated carbocycles. The van der Waals surface area contributed by atoms with Gasteiger partial charge in [0, 0.05) is 25.4 Å². The van der Waals surface area contributed by atoms with Crippen molar-refractivity contribution in [3.05, 3.63) is 66.0 Å². The maximum absolute atomic E-state index is 12.6. The first kappa shape index (κ1) is 18.6. The van der Waals surface area contributed by atoms with Crippen molar-refractivity contribution in [1.82, 2.24) is 20.5 Å². The zero-order valence-electron chi connectivity index (χ0n) is 15.1. The first-order valence-electron chi connectivity index (χ1n) is 8.90. The van der Waals surface area contributed by atoms with Crippen LogP contribution in [0.15, 0.2) is 54.9 Å².